The normalized spacial score (nSPS) is 15.7. The second-order valence-corrected chi connectivity index (χ2v) is 8.61. The SMILES string of the molecule is CCOc1ccc(C)cc1S(=O)(=O)NCC1CCN(c2ccncc2)CC1. The van der Waals surface area contributed by atoms with Crippen LogP contribution in [0.1, 0.15) is 25.3 Å². The molecule has 1 aliphatic heterocycles. The van der Waals surface area contributed by atoms with Crippen molar-refractivity contribution >= 4 is 15.7 Å². The molecule has 0 radical (unpaired) electrons. The number of aryl methyl sites for hydroxylation is 1. The number of ether oxygens (including phenoxy) is 1. The Morgan fingerprint density at radius 1 is 1.19 bits per heavy atom. The van der Waals surface area contributed by atoms with Crippen molar-refractivity contribution in [2.75, 3.05) is 31.1 Å². The lowest BCUT2D eigenvalue weighted by Gasteiger charge is -2.33. The van der Waals surface area contributed by atoms with Gasteiger partial charge in [0.2, 0.25) is 10.0 Å². The average molecular weight is 390 g/mol. The predicted octanol–water partition coefficient (Wildman–Crippen LogP) is 2.98. The van der Waals surface area contributed by atoms with E-state index in [0.717, 1.165) is 31.5 Å². The van der Waals surface area contributed by atoms with E-state index in [-0.39, 0.29) is 4.90 Å². The molecule has 6 nitrogen and oxygen atoms in total. The Balaban J connectivity index is 1.60. The van der Waals surface area contributed by atoms with E-state index in [0.29, 0.717) is 24.8 Å². The molecule has 1 fully saturated rings. The van der Waals surface area contributed by atoms with E-state index >= 15 is 0 Å². The molecule has 0 aliphatic carbocycles. The first-order valence-corrected chi connectivity index (χ1v) is 10.9. The Bertz CT molecular complexity index is 848. The first-order valence-electron chi connectivity index (χ1n) is 9.37. The molecule has 2 aromatic rings. The molecule has 3 rings (SSSR count). The number of anilines is 1. The second kappa shape index (κ2) is 8.71. The van der Waals surface area contributed by atoms with E-state index < -0.39 is 10.0 Å². The number of piperidine rings is 1. The van der Waals surface area contributed by atoms with Gasteiger partial charge in [-0.2, -0.15) is 0 Å². The summed E-state index contributed by atoms with van der Waals surface area (Å²) in [5, 5.41) is 0. The highest BCUT2D eigenvalue weighted by Gasteiger charge is 2.24. The third-order valence-corrected chi connectivity index (χ3v) is 6.34. The molecule has 1 saturated heterocycles. The minimum Gasteiger partial charge on any atom is -0.492 e. The fraction of sp³-hybridized carbons (Fsp3) is 0.450. The lowest BCUT2D eigenvalue weighted by Crippen LogP contribution is -2.38. The average Bonchev–Trinajstić information content (AvgIpc) is 2.69. The highest BCUT2D eigenvalue weighted by Crippen LogP contribution is 2.26. The summed E-state index contributed by atoms with van der Waals surface area (Å²) in [5.41, 5.74) is 2.06. The van der Waals surface area contributed by atoms with Gasteiger partial charge in [-0.3, -0.25) is 4.98 Å². The number of benzene rings is 1. The molecular weight excluding hydrogens is 362 g/mol. The van der Waals surface area contributed by atoms with E-state index in [1.54, 1.807) is 24.5 Å². The van der Waals surface area contributed by atoms with Crippen LogP contribution in [0, 0.1) is 12.8 Å². The summed E-state index contributed by atoms with van der Waals surface area (Å²) >= 11 is 0. The van der Waals surface area contributed by atoms with Crippen LogP contribution in [-0.2, 0) is 10.0 Å². The number of nitrogens with zero attached hydrogens (tertiary/aromatic N) is 2. The smallest absolute Gasteiger partial charge is 0.244 e. The quantitative estimate of drug-likeness (QED) is 0.788. The molecule has 0 unspecified atom stereocenters. The van der Waals surface area contributed by atoms with Gasteiger partial charge in [0.1, 0.15) is 10.6 Å². The summed E-state index contributed by atoms with van der Waals surface area (Å²) in [6.07, 6.45) is 5.51. The van der Waals surface area contributed by atoms with Gasteiger partial charge in [-0.25, -0.2) is 13.1 Å². The minimum absolute atomic E-state index is 0.221. The zero-order valence-corrected chi connectivity index (χ0v) is 16.7. The van der Waals surface area contributed by atoms with Gasteiger partial charge in [0.15, 0.2) is 0 Å². The zero-order chi connectivity index (χ0) is 19.3. The number of nitrogens with one attached hydrogen (secondary N) is 1. The summed E-state index contributed by atoms with van der Waals surface area (Å²) < 4.78 is 33.9. The number of aromatic nitrogens is 1. The molecule has 0 atom stereocenters. The summed E-state index contributed by atoms with van der Waals surface area (Å²) in [6, 6.07) is 9.27. The van der Waals surface area contributed by atoms with Crippen LogP contribution in [0.4, 0.5) is 5.69 Å². The maximum atomic E-state index is 12.8. The Hall–Kier alpha value is -2.12. The van der Waals surface area contributed by atoms with E-state index in [2.05, 4.69) is 14.6 Å². The molecule has 1 aromatic carbocycles. The fourth-order valence-electron chi connectivity index (χ4n) is 3.36. The molecule has 0 amide bonds. The zero-order valence-electron chi connectivity index (χ0n) is 15.9. The Morgan fingerprint density at radius 2 is 1.89 bits per heavy atom. The van der Waals surface area contributed by atoms with Crippen molar-refractivity contribution in [1.29, 1.82) is 0 Å². The van der Waals surface area contributed by atoms with Crippen LogP contribution in [0.5, 0.6) is 5.75 Å². The van der Waals surface area contributed by atoms with Crippen LogP contribution in [0.3, 0.4) is 0 Å². The highest BCUT2D eigenvalue weighted by molar-refractivity contribution is 7.89. The van der Waals surface area contributed by atoms with Gasteiger partial charge in [0.05, 0.1) is 6.61 Å². The summed E-state index contributed by atoms with van der Waals surface area (Å²) in [6.45, 7) is 6.45. The van der Waals surface area contributed by atoms with Gasteiger partial charge in [-0.15, -0.1) is 0 Å². The fourth-order valence-corrected chi connectivity index (χ4v) is 4.70. The molecule has 1 N–H and O–H groups in total. The summed E-state index contributed by atoms with van der Waals surface area (Å²) in [4.78, 5) is 6.59. The molecule has 1 aromatic heterocycles. The van der Waals surface area contributed by atoms with Crippen LogP contribution < -0.4 is 14.4 Å². The van der Waals surface area contributed by atoms with Crippen LogP contribution in [0.25, 0.3) is 0 Å². The van der Waals surface area contributed by atoms with E-state index in [4.69, 9.17) is 4.74 Å². The van der Waals surface area contributed by atoms with Crippen LogP contribution in [0.2, 0.25) is 0 Å². The number of hydrogen-bond acceptors (Lipinski definition) is 5. The van der Waals surface area contributed by atoms with Gasteiger partial charge in [0.25, 0.3) is 0 Å². The lowest BCUT2D eigenvalue weighted by molar-refractivity contribution is 0.330. The predicted molar refractivity (Wildman–Crippen MR) is 107 cm³/mol. The molecular formula is C20H27N3O3S. The van der Waals surface area contributed by atoms with Crippen molar-refractivity contribution in [1.82, 2.24) is 9.71 Å². The highest BCUT2D eigenvalue weighted by atomic mass is 32.2. The van der Waals surface area contributed by atoms with Crippen molar-refractivity contribution < 1.29 is 13.2 Å². The first-order chi connectivity index (χ1) is 13.0. The van der Waals surface area contributed by atoms with E-state index in [9.17, 15) is 8.42 Å². The molecule has 146 valence electrons. The molecule has 2 heterocycles. The van der Waals surface area contributed by atoms with Crippen molar-refractivity contribution in [3.63, 3.8) is 0 Å². The van der Waals surface area contributed by atoms with E-state index in [1.165, 1.54) is 5.69 Å². The first kappa shape index (κ1) is 19.6. The third-order valence-electron chi connectivity index (χ3n) is 4.89. The Morgan fingerprint density at radius 3 is 2.56 bits per heavy atom. The van der Waals surface area contributed by atoms with Gasteiger partial charge in [-0.1, -0.05) is 6.07 Å². The monoisotopic (exact) mass is 389 g/mol. The van der Waals surface area contributed by atoms with Crippen molar-refractivity contribution in [3.05, 3.63) is 48.3 Å². The maximum Gasteiger partial charge on any atom is 0.244 e. The lowest BCUT2D eigenvalue weighted by atomic mass is 9.97. The molecule has 0 saturated carbocycles. The molecule has 0 spiro atoms. The number of hydrogen-bond donors (Lipinski definition) is 1. The standard InChI is InChI=1S/C20H27N3O3S/c1-3-26-19-5-4-16(2)14-20(19)27(24,25)22-15-17-8-12-23(13-9-17)18-6-10-21-11-7-18/h4-7,10-11,14,17,22H,3,8-9,12-13,15H2,1-2H3. The Labute approximate surface area is 161 Å². The van der Waals surface area contributed by atoms with Crippen molar-refractivity contribution in [2.45, 2.75) is 31.6 Å². The van der Waals surface area contributed by atoms with Gasteiger partial charge < -0.3 is 9.64 Å². The topological polar surface area (TPSA) is 71.5 Å². The Kier molecular flexibility index (Phi) is 6.34. The van der Waals surface area contributed by atoms with Crippen molar-refractivity contribution in [2.24, 2.45) is 5.92 Å². The van der Waals surface area contributed by atoms with Crippen molar-refractivity contribution in [3.8, 4) is 5.75 Å². The number of sulfonamides is 1. The number of pyridine rings is 1. The molecule has 0 bridgehead atoms. The van der Waals surface area contributed by atoms with Gasteiger partial charge in [-0.05, 0) is 62.4 Å². The minimum atomic E-state index is -3.60. The molecule has 27 heavy (non-hydrogen) atoms. The largest absolute Gasteiger partial charge is 0.492 e. The van der Waals surface area contributed by atoms with Gasteiger partial charge >= 0.3 is 0 Å². The van der Waals surface area contributed by atoms with Crippen LogP contribution >= 0.6 is 0 Å². The van der Waals surface area contributed by atoms with E-state index in [1.807, 2.05) is 32.0 Å². The number of rotatable bonds is 7. The maximum absolute atomic E-state index is 12.8. The molecule has 7 heteroatoms. The summed E-state index contributed by atoms with van der Waals surface area (Å²) in [7, 11) is -3.60. The molecule has 1 aliphatic rings. The summed E-state index contributed by atoms with van der Waals surface area (Å²) in [5.74, 6) is 0.737. The second-order valence-electron chi connectivity index (χ2n) is 6.87. The van der Waals surface area contributed by atoms with Crippen LogP contribution in [0.15, 0.2) is 47.6 Å². The van der Waals surface area contributed by atoms with Gasteiger partial charge in [0, 0.05) is 37.7 Å². The third kappa shape index (κ3) is 4.99. The van der Waals surface area contributed by atoms with Crippen LogP contribution in [-0.4, -0.2) is 39.6 Å².